The van der Waals surface area contributed by atoms with Gasteiger partial charge in [0, 0.05) is 0 Å². The number of aromatic hydroxyl groups is 1. The number of hydrogen-bond acceptors (Lipinski definition) is 3. The Bertz CT molecular complexity index is 325. The predicted octanol–water partition coefficient (Wildman–Crippen LogP) is 1.81. The number of aryl methyl sites for hydroxylation is 1. The van der Waals surface area contributed by atoms with E-state index in [2.05, 4.69) is 4.74 Å². The molecule has 15 heavy (non-hydrogen) atoms. The Morgan fingerprint density at radius 1 is 1.40 bits per heavy atom. The number of carbonyl (C=O) groups is 1. The molecule has 0 bridgehead atoms. The summed E-state index contributed by atoms with van der Waals surface area (Å²) in [7, 11) is 0. The largest absolute Gasteiger partial charge is 0.508 e. The number of phenols is 1. The minimum absolute atomic E-state index is 0.279. The summed E-state index contributed by atoms with van der Waals surface area (Å²) in [6, 6.07) is 7.13. The van der Waals surface area contributed by atoms with Crippen LogP contribution < -0.4 is 5.73 Å². The van der Waals surface area contributed by atoms with Crippen molar-refractivity contribution in [1.82, 2.24) is 0 Å². The van der Waals surface area contributed by atoms with E-state index >= 15 is 0 Å². The van der Waals surface area contributed by atoms with Crippen LogP contribution in [-0.4, -0.2) is 17.8 Å². The highest BCUT2D eigenvalue weighted by Crippen LogP contribution is 2.12. The van der Waals surface area contributed by atoms with E-state index in [-0.39, 0.29) is 5.75 Å². The molecule has 1 amide bonds. The monoisotopic (exact) mass is 209 g/mol. The van der Waals surface area contributed by atoms with E-state index in [0.717, 1.165) is 24.8 Å². The second-order valence-electron chi connectivity index (χ2n) is 3.29. The number of primary amides is 1. The lowest BCUT2D eigenvalue weighted by atomic mass is 10.1. The van der Waals surface area contributed by atoms with E-state index in [0.29, 0.717) is 6.61 Å². The molecule has 1 aromatic rings. The van der Waals surface area contributed by atoms with Gasteiger partial charge < -0.3 is 15.6 Å². The van der Waals surface area contributed by atoms with Gasteiger partial charge in [-0.2, -0.15) is 0 Å². The van der Waals surface area contributed by atoms with E-state index in [1.165, 1.54) is 0 Å². The van der Waals surface area contributed by atoms with E-state index in [9.17, 15) is 9.90 Å². The van der Waals surface area contributed by atoms with Crippen molar-refractivity contribution in [2.75, 3.05) is 6.61 Å². The third-order valence-corrected chi connectivity index (χ3v) is 2.01. The van der Waals surface area contributed by atoms with E-state index in [4.69, 9.17) is 5.73 Å². The number of benzene rings is 1. The van der Waals surface area contributed by atoms with Gasteiger partial charge in [-0.1, -0.05) is 12.1 Å². The lowest BCUT2D eigenvalue weighted by Crippen LogP contribution is -2.13. The highest BCUT2D eigenvalue weighted by atomic mass is 16.5. The molecular weight excluding hydrogens is 194 g/mol. The number of hydrogen-bond donors (Lipinski definition) is 2. The minimum Gasteiger partial charge on any atom is -0.508 e. The van der Waals surface area contributed by atoms with Gasteiger partial charge in [0.1, 0.15) is 5.75 Å². The molecule has 0 aliphatic heterocycles. The van der Waals surface area contributed by atoms with Crippen LogP contribution in [0.2, 0.25) is 0 Å². The van der Waals surface area contributed by atoms with Crippen molar-refractivity contribution in [3.8, 4) is 5.75 Å². The Morgan fingerprint density at radius 2 is 2.20 bits per heavy atom. The van der Waals surface area contributed by atoms with Crippen LogP contribution in [0.3, 0.4) is 0 Å². The van der Waals surface area contributed by atoms with Gasteiger partial charge in [0.2, 0.25) is 0 Å². The molecule has 0 radical (unpaired) electrons. The first kappa shape index (κ1) is 11.4. The first-order valence-electron chi connectivity index (χ1n) is 4.88. The van der Waals surface area contributed by atoms with Crippen molar-refractivity contribution in [3.05, 3.63) is 29.8 Å². The van der Waals surface area contributed by atoms with Crippen molar-refractivity contribution < 1.29 is 14.6 Å². The molecule has 4 heteroatoms. The van der Waals surface area contributed by atoms with Crippen molar-refractivity contribution in [2.24, 2.45) is 5.73 Å². The predicted molar refractivity (Wildman–Crippen MR) is 56.6 cm³/mol. The molecule has 0 aromatic heterocycles. The standard InChI is InChI=1S/C11H15NO3/c12-11(14)15-7-2-1-4-9-5-3-6-10(13)8-9/h3,5-6,8,13H,1-2,4,7H2,(H2,12,14). The topological polar surface area (TPSA) is 72.6 Å². The second kappa shape index (κ2) is 5.90. The van der Waals surface area contributed by atoms with Crippen molar-refractivity contribution in [2.45, 2.75) is 19.3 Å². The summed E-state index contributed by atoms with van der Waals surface area (Å²) in [5.74, 6) is 0.279. The number of ether oxygens (including phenoxy) is 1. The lowest BCUT2D eigenvalue weighted by Gasteiger charge is -2.02. The van der Waals surface area contributed by atoms with Gasteiger partial charge in [0.05, 0.1) is 6.61 Å². The average Bonchev–Trinajstić information content (AvgIpc) is 2.17. The zero-order chi connectivity index (χ0) is 11.1. The maximum Gasteiger partial charge on any atom is 0.404 e. The zero-order valence-electron chi connectivity index (χ0n) is 8.48. The Balaban J connectivity index is 2.17. The molecule has 0 spiro atoms. The first-order valence-corrected chi connectivity index (χ1v) is 4.88. The maximum atomic E-state index is 10.2. The quantitative estimate of drug-likeness (QED) is 0.726. The van der Waals surface area contributed by atoms with E-state index in [1.807, 2.05) is 12.1 Å². The molecule has 0 aliphatic carbocycles. The van der Waals surface area contributed by atoms with Gasteiger partial charge in [-0.3, -0.25) is 0 Å². The average molecular weight is 209 g/mol. The van der Waals surface area contributed by atoms with Crippen molar-refractivity contribution >= 4 is 6.09 Å². The lowest BCUT2D eigenvalue weighted by molar-refractivity contribution is 0.154. The molecule has 82 valence electrons. The number of nitrogens with two attached hydrogens (primary N) is 1. The summed E-state index contributed by atoms with van der Waals surface area (Å²) in [6.45, 7) is 0.355. The second-order valence-corrected chi connectivity index (χ2v) is 3.29. The number of amides is 1. The molecule has 0 aliphatic rings. The fourth-order valence-electron chi connectivity index (χ4n) is 1.32. The van der Waals surface area contributed by atoms with Gasteiger partial charge in [-0.25, -0.2) is 4.79 Å². The van der Waals surface area contributed by atoms with Gasteiger partial charge in [-0.05, 0) is 37.0 Å². The third-order valence-electron chi connectivity index (χ3n) is 2.01. The van der Waals surface area contributed by atoms with Crippen LogP contribution in [0.25, 0.3) is 0 Å². The van der Waals surface area contributed by atoms with Crippen LogP contribution in [0, 0.1) is 0 Å². The number of rotatable bonds is 5. The van der Waals surface area contributed by atoms with E-state index < -0.39 is 6.09 Å². The summed E-state index contributed by atoms with van der Waals surface area (Å²) in [5, 5.41) is 9.20. The number of unbranched alkanes of at least 4 members (excludes halogenated alkanes) is 1. The van der Waals surface area contributed by atoms with Gasteiger partial charge in [-0.15, -0.1) is 0 Å². The highest BCUT2D eigenvalue weighted by molar-refractivity contribution is 5.64. The van der Waals surface area contributed by atoms with Gasteiger partial charge >= 0.3 is 6.09 Å². The number of carbonyl (C=O) groups excluding carboxylic acids is 1. The van der Waals surface area contributed by atoms with Gasteiger partial charge in [0.15, 0.2) is 0 Å². The normalized spacial score (nSPS) is 9.87. The molecule has 1 rings (SSSR count). The smallest absolute Gasteiger partial charge is 0.404 e. The summed E-state index contributed by atoms with van der Waals surface area (Å²) in [5.41, 5.74) is 5.89. The molecule has 0 heterocycles. The molecule has 0 unspecified atom stereocenters. The molecule has 3 N–H and O–H groups in total. The highest BCUT2D eigenvalue weighted by Gasteiger charge is 1.96. The van der Waals surface area contributed by atoms with Crippen LogP contribution in [0.15, 0.2) is 24.3 Å². The number of phenolic OH excluding ortho intramolecular Hbond substituents is 1. The van der Waals surface area contributed by atoms with Crippen LogP contribution in [0.4, 0.5) is 4.79 Å². The Morgan fingerprint density at radius 3 is 2.87 bits per heavy atom. The molecule has 1 aromatic carbocycles. The van der Waals surface area contributed by atoms with E-state index in [1.54, 1.807) is 12.1 Å². The fourth-order valence-corrected chi connectivity index (χ4v) is 1.32. The van der Waals surface area contributed by atoms with Gasteiger partial charge in [0.25, 0.3) is 0 Å². The fraction of sp³-hybridized carbons (Fsp3) is 0.364. The Hall–Kier alpha value is -1.71. The molecule has 0 saturated heterocycles. The molecule has 0 fully saturated rings. The summed E-state index contributed by atoms with van der Waals surface area (Å²) >= 11 is 0. The Kier molecular flexibility index (Phi) is 4.47. The van der Waals surface area contributed by atoms with Crippen molar-refractivity contribution in [1.29, 1.82) is 0 Å². The summed E-state index contributed by atoms with van der Waals surface area (Å²) in [6.07, 6.45) is 1.80. The van der Waals surface area contributed by atoms with Crippen LogP contribution in [0.1, 0.15) is 18.4 Å². The zero-order valence-corrected chi connectivity index (χ0v) is 8.48. The molecule has 0 saturated carbocycles. The molecular formula is C11H15NO3. The SMILES string of the molecule is NC(=O)OCCCCc1cccc(O)c1. The summed E-state index contributed by atoms with van der Waals surface area (Å²) < 4.78 is 4.59. The molecule has 0 atom stereocenters. The van der Waals surface area contributed by atoms with Crippen molar-refractivity contribution in [3.63, 3.8) is 0 Å². The Labute approximate surface area is 88.7 Å². The van der Waals surface area contributed by atoms with Crippen LogP contribution in [0.5, 0.6) is 5.75 Å². The first-order chi connectivity index (χ1) is 7.18. The molecule has 4 nitrogen and oxygen atoms in total. The maximum absolute atomic E-state index is 10.2. The van der Waals surface area contributed by atoms with Crippen LogP contribution in [-0.2, 0) is 11.2 Å². The third kappa shape index (κ3) is 4.90. The minimum atomic E-state index is -0.729. The van der Waals surface area contributed by atoms with Crippen LogP contribution >= 0.6 is 0 Å². The summed E-state index contributed by atoms with van der Waals surface area (Å²) in [4.78, 5) is 10.2.